The summed E-state index contributed by atoms with van der Waals surface area (Å²) < 4.78 is 0. The molecular formula is C16H24O2. The predicted octanol–water partition coefficient (Wildman–Crippen LogP) is 3.79. The molecular weight excluding hydrogens is 224 g/mol. The molecule has 18 heavy (non-hydrogen) atoms. The van der Waals surface area contributed by atoms with Gasteiger partial charge >= 0.3 is 0 Å². The molecule has 0 aliphatic heterocycles. The van der Waals surface area contributed by atoms with E-state index in [1.54, 1.807) is 0 Å². The van der Waals surface area contributed by atoms with Crippen LogP contribution in [0.5, 0.6) is 0 Å². The zero-order valence-electron chi connectivity index (χ0n) is 11.8. The highest BCUT2D eigenvalue weighted by Crippen LogP contribution is 2.53. The first-order valence-corrected chi connectivity index (χ1v) is 6.95. The van der Waals surface area contributed by atoms with E-state index in [0.717, 1.165) is 6.42 Å². The molecule has 2 aliphatic carbocycles. The van der Waals surface area contributed by atoms with Crippen molar-refractivity contribution in [2.24, 2.45) is 29.1 Å². The van der Waals surface area contributed by atoms with Crippen molar-refractivity contribution < 1.29 is 9.78 Å². The Bertz CT molecular complexity index is 368. The minimum atomic E-state index is 0.109. The minimum absolute atomic E-state index is 0.109. The average molecular weight is 248 g/mol. The standard InChI is InChI=1S/C16H24O2/c1-6-17-18-14-9-11(2)10-16(5)8-7-12(3)13(4)15(14)16/h1,7-8,11-15H,9-10H2,2-5H3. The number of hydrogen-bond acceptors (Lipinski definition) is 2. The smallest absolute Gasteiger partial charge is 0.153 e. The molecule has 2 rings (SSSR count). The van der Waals surface area contributed by atoms with E-state index in [9.17, 15) is 0 Å². The van der Waals surface area contributed by atoms with Crippen molar-refractivity contribution in [2.75, 3.05) is 0 Å². The SMILES string of the molecule is C#COOC1CC(C)CC2(C)C=CC(C)C(C)C12. The highest BCUT2D eigenvalue weighted by atomic mass is 17.2. The van der Waals surface area contributed by atoms with Gasteiger partial charge in [-0.1, -0.05) is 46.3 Å². The fraction of sp³-hybridized carbons (Fsp3) is 0.750. The normalized spacial score (nSPS) is 47.2. The van der Waals surface area contributed by atoms with E-state index in [1.165, 1.54) is 6.42 Å². The van der Waals surface area contributed by atoms with Crippen LogP contribution in [0.1, 0.15) is 40.5 Å². The number of rotatable bonds is 2. The molecule has 0 aromatic heterocycles. The number of hydrogen-bond donors (Lipinski definition) is 0. The molecule has 0 bridgehead atoms. The molecule has 2 heteroatoms. The van der Waals surface area contributed by atoms with Crippen LogP contribution in [-0.2, 0) is 9.78 Å². The third-order valence-corrected chi connectivity index (χ3v) is 4.98. The number of terminal acetylenes is 1. The molecule has 1 saturated carbocycles. The maximum absolute atomic E-state index is 5.49. The number of allylic oxidation sites excluding steroid dienone is 2. The first-order valence-electron chi connectivity index (χ1n) is 6.95. The topological polar surface area (TPSA) is 18.5 Å². The summed E-state index contributed by atoms with van der Waals surface area (Å²) in [7, 11) is 0. The van der Waals surface area contributed by atoms with E-state index >= 15 is 0 Å². The number of fused-ring (bicyclic) bond motifs is 1. The first-order chi connectivity index (χ1) is 8.48. The highest BCUT2D eigenvalue weighted by molar-refractivity contribution is 5.13. The molecule has 0 heterocycles. The van der Waals surface area contributed by atoms with Gasteiger partial charge < -0.3 is 0 Å². The second kappa shape index (κ2) is 4.97. The lowest BCUT2D eigenvalue weighted by atomic mass is 9.55. The molecule has 0 radical (unpaired) electrons. The van der Waals surface area contributed by atoms with Crippen LogP contribution < -0.4 is 0 Å². The van der Waals surface area contributed by atoms with Crippen LogP contribution in [0.15, 0.2) is 12.2 Å². The molecule has 0 saturated heterocycles. The first kappa shape index (κ1) is 13.5. The fourth-order valence-corrected chi connectivity index (χ4v) is 4.12. The van der Waals surface area contributed by atoms with E-state index in [-0.39, 0.29) is 11.5 Å². The third-order valence-electron chi connectivity index (χ3n) is 4.98. The van der Waals surface area contributed by atoms with Gasteiger partial charge in [-0.05, 0) is 36.0 Å². The summed E-state index contributed by atoms with van der Waals surface area (Å²) in [5, 5.41) is 0. The Kier molecular flexibility index (Phi) is 3.73. The van der Waals surface area contributed by atoms with Gasteiger partial charge in [0.15, 0.2) is 6.11 Å². The maximum Gasteiger partial charge on any atom is 0.153 e. The van der Waals surface area contributed by atoms with E-state index in [2.05, 4.69) is 46.0 Å². The summed E-state index contributed by atoms with van der Waals surface area (Å²) >= 11 is 0. The summed E-state index contributed by atoms with van der Waals surface area (Å²) in [6, 6.07) is 0. The van der Waals surface area contributed by atoms with Gasteiger partial charge in [0, 0.05) is 5.92 Å². The van der Waals surface area contributed by atoms with Crippen molar-refractivity contribution in [1.29, 1.82) is 0 Å². The van der Waals surface area contributed by atoms with Crippen molar-refractivity contribution in [3.8, 4) is 12.5 Å². The fourth-order valence-electron chi connectivity index (χ4n) is 4.12. The van der Waals surface area contributed by atoms with Crippen LogP contribution in [0.4, 0.5) is 0 Å². The lowest BCUT2D eigenvalue weighted by Crippen LogP contribution is -2.49. The van der Waals surface area contributed by atoms with E-state index < -0.39 is 0 Å². The Morgan fingerprint density at radius 2 is 2.06 bits per heavy atom. The molecule has 2 aliphatic rings. The molecule has 0 spiro atoms. The molecule has 0 aromatic rings. The van der Waals surface area contributed by atoms with Crippen molar-refractivity contribution in [3.05, 3.63) is 12.2 Å². The van der Waals surface area contributed by atoms with Gasteiger partial charge in [-0.3, -0.25) is 4.89 Å². The summed E-state index contributed by atoms with van der Waals surface area (Å²) in [6.45, 7) is 9.22. The molecule has 100 valence electrons. The molecule has 6 atom stereocenters. The van der Waals surface area contributed by atoms with Crippen LogP contribution in [-0.4, -0.2) is 6.10 Å². The molecule has 2 nitrogen and oxygen atoms in total. The van der Waals surface area contributed by atoms with Gasteiger partial charge in [0.05, 0.1) is 0 Å². The minimum Gasteiger partial charge on any atom is -0.282 e. The molecule has 0 amide bonds. The van der Waals surface area contributed by atoms with Crippen molar-refractivity contribution in [2.45, 2.75) is 46.6 Å². The summed E-state index contributed by atoms with van der Waals surface area (Å²) in [5.41, 5.74) is 0.215. The van der Waals surface area contributed by atoms with Crippen molar-refractivity contribution in [1.82, 2.24) is 0 Å². The zero-order chi connectivity index (χ0) is 13.3. The lowest BCUT2D eigenvalue weighted by Gasteiger charge is -2.51. The summed E-state index contributed by atoms with van der Waals surface area (Å²) in [6.07, 6.45) is 14.4. The van der Waals surface area contributed by atoms with E-state index in [0.29, 0.717) is 23.7 Å². The van der Waals surface area contributed by atoms with Crippen LogP contribution in [0.25, 0.3) is 0 Å². The highest BCUT2D eigenvalue weighted by Gasteiger charge is 2.49. The second-order valence-corrected chi connectivity index (χ2v) is 6.49. The zero-order valence-corrected chi connectivity index (χ0v) is 11.8. The van der Waals surface area contributed by atoms with Gasteiger partial charge in [-0.15, -0.1) is 0 Å². The Labute approximate surface area is 111 Å². The largest absolute Gasteiger partial charge is 0.282 e. The van der Waals surface area contributed by atoms with Gasteiger partial charge in [0.25, 0.3) is 0 Å². The quantitative estimate of drug-likeness (QED) is 0.320. The monoisotopic (exact) mass is 248 g/mol. The molecule has 6 unspecified atom stereocenters. The van der Waals surface area contributed by atoms with Crippen LogP contribution in [0.2, 0.25) is 0 Å². The maximum atomic E-state index is 5.49. The van der Waals surface area contributed by atoms with Gasteiger partial charge in [-0.25, -0.2) is 0 Å². The third kappa shape index (κ3) is 2.29. The lowest BCUT2D eigenvalue weighted by molar-refractivity contribution is -0.306. The van der Waals surface area contributed by atoms with Crippen molar-refractivity contribution >= 4 is 0 Å². The molecule has 0 N–H and O–H groups in total. The van der Waals surface area contributed by atoms with Crippen LogP contribution >= 0.6 is 0 Å². The van der Waals surface area contributed by atoms with Crippen LogP contribution in [0.3, 0.4) is 0 Å². The molecule has 1 fully saturated rings. The Hall–Kier alpha value is -0.940. The predicted molar refractivity (Wildman–Crippen MR) is 72.3 cm³/mol. The summed E-state index contributed by atoms with van der Waals surface area (Å²) in [5.74, 6) is 2.32. The Balaban J connectivity index is 2.26. The van der Waals surface area contributed by atoms with Gasteiger partial charge in [0.1, 0.15) is 6.10 Å². The average Bonchev–Trinajstić information content (AvgIpc) is 2.30. The van der Waals surface area contributed by atoms with Crippen LogP contribution in [0, 0.1) is 41.6 Å². The van der Waals surface area contributed by atoms with E-state index in [1.807, 2.05) is 0 Å². The van der Waals surface area contributed by atoms with Crippen molar-refractivity contribution in [3.63, 3.8) is 0 Å². The second-order valence-electron chi connectivity index (χ2n) is 6.49. The Morgan fingerprint density at radius 1 is 1.33 bits per heavy atom. The van der Waals surface area contributed by atoms with Gasteiger partial charge in [-0.2, -0.15) is 4.89 Å². The van der Waals surface area contributed by atoms with E-state index in [4.69, 9.17) is 16.2 Å². The van der Waals surface area contributed by atoms with Gasteiger partial charge in [0.2, 0.25) is 0 Å². The summed E-state index contributed by atoms with van der Waals surface area (Å²) in [4.78, 5) is 10.3. The molecule has 0 aromatic carbocycles. The Morgan fingerprint density at radius 3 is 2.72 bits per heavy atom.